The second kappa shape index (κ2) is 7.39. The minimum absolute atomic E-state index is 0.0800. The zero-order valence-corrected chi connectivity index (χ0v) is 23.8. The lowest BCUT2D eigenvalue weighted by Crippen LogP contribution is -2.45. The fraction of sp³-hybridized carbons (Fsp3) is 0.606. The van der Waals surface area contributed by atoms with Gasteiger partial charge in [0.2, 0.25) is 0 Å². The van der Waals surface area contributed by atoms with Crippen LogP contribution >= 0.6 is 0 Å². The lowest BCUT2D eigenvalue weighted by atomic mass is 9.68. The van der Waals surface area contributed by atoms with Gasteiger partial charge >= 0.3 is 0 Å². The Bertz CT molecular complexity index is 1100. The fourth-order valence-corrected chi connectivity index (χ4v) is 7.31. The topological polar surface area (TPSA) is 23.6 Å². The van der Waals surface area contributed by atoms with Crippen molar-refractivity contribution in [3.63, 3.8) is 0 Å². The fourth-order valence-electron chi connectivity index (χ4n) is 7.31. The molecule has 4 aliphatic heterocycles. The van der Waals surface area contributed by atoms with Gasteiger partial charge < -0.3 is 9.80 Å². The molecule has 0 atom stereocenters. The highest BCUT2D eigenvalue weighted by Gasteiger charge is 2.42. The summed E-state index contributed by atoms with van der Waals surface area (Å²) >= 11 is 0. The van der Waals surface area contributed by atoms with Gasteiger partial charge in [-0.15, -0.1) is 0 Å². The summed E-state index contributed by atoms with van der Waals surface area (Å²) in [6.45, 7) is 23.3. The summed E-state index contributed by atoms with van der Waals surface area (Å²) in [5.74, 6) is 0.191. The van der Waals surface area contributed by atoms with Gasteiger partial charge in [0.1, 0.15) is 0 Å². The Hall–Kier alpha value is -2.29. The highest BCUT2D eigenvalue weighted by atomic mass is 16.1. The van der Waals surface area contributed by atoms with E-state index in [1.54, 1.807) is 0 Å². The molecule has 2 aromatic rings. The molecule has 0 saturated carbocycles. The van der Waals surface area contributed by atoms with E-state index in [0.29, 0.717) is 0 Å². The first-order chi connectivity index (χ1) is 16.7. The lowest BCUT2D eigenvalue weighted by molar-refractivity contribution is 0.103. The van der Waals surface area contributed by atoms with E-state index in [2.05, 4.69) is 89.5 Å². The maximum atomic E-state index is 14.4. The molecular weight excluding hydrogens is 440 g/mol. The van der Waals surface area contributed by atoms with Crippen LogP contribution in [0.25, 0.3) is 0 Å². The maximum Gasteiger partial charge on any atom is 0.193 e. The van der Waals surface area contributed by atoms with Gasteiger partial charge in [0.05, 0.1) is 0 Å². The smallest absolute Gasteiger partial charge is 0.193 e. The average Bonchev–Trinajstić information content (AvgIpc) is 2.80. The number of ketones is 1. The van der Waals surface area contributed by atoms with Crippen LogP contribution in [-0.2, 0) is 21.7 Å². The van der Waals surface area contributed by atoms with Crippen LogP contribution in [0, 0.1) is 0 Å². The van der Waals surface area contributed by atoms with Crippen molar-refractivity contribution < 1.29 is 4.79 Å². The van der Waals surface area contributed by atoms with Crippen molar-refractivity contribution in [3.8, 4) is 0 Å². The van der Waals surface area contributed by atoms with Crippen LogP contribution in [0.4, 0.5) is 11.4 Å². The molecular formula is C33H44N2O. The Kier molecular flexibility index (Phi) is 4.94. The number of carbonyl (C=O) groups is 1. The van der Waals surface area contributed by atoms with E-state index >= 15 is 0 Å². The van der Waals surface area contributed by atoms with E-state index in [4.69, 9.17) is 0 Å². The van der Waals surface area contributed by atoms with Crippen molar-refractivity contribution in [1.82, 2.24) is 0 Å². The minimum Gasteiger partial charge on any atom is -0.371 e. The molecule has 0 unspecified atom stereocenters. The summed E-state index contributed by atoms with van der Waals surface area (Å²) < 4.78 is 0. The minimum atomic E-state index is 0.0800. The number of benzene rings is 2. The molecule has 36 heavy (non-hydrogen) atoms. The van der Waals surface area contributed by atoms with Crippen LogP contribution in [0.2, 0.25) is 0 Å². The molecule has 0 N–H and O–H groups in total. The summed E-state index contributed by atoms with van der Waals surface area (Å²) in [5, 5.41) is 0. The Morgan fingerprint density at radius 1 is 0.528 bits per heavy atom. The largest absolute Gasteiger partial charge is 0.371 e. The van der Waals surface area contributed by atoms with Gasteiger partial charge in [-0.05, 0) is 93.9 Å². The first-order valence-electron chi connectivity index (χ1n) is 14.1. The maximum absolute atomic E-state index is 14.4. The van der Waals surface area contributed by atoms with Gasteiger partial charge in [-0.1, -0.05) is 55.4 Å². The molecule has 0 fully saturated rings. The van der Waals surface area contributed by atoms with E-state index in [-0.39, 0.29) is 27.4 Å². The molecule has 0 bridgehead atoms. The van der Waals surface area contributed by atoms with Gasteiger partial charge in [0.15, 0.2) is 5.78 Å². The van der Waals surface area contributed by atoms with Crippen molar-refractivity contribution in [2.24, 2.45) is 0 Å². The molecule has 192 valence electrons. The van der Waals surface area contributed by atoms with Gasteiger partial charge in [-0.25, -0.2) is 0 Å². The standard InChI is InChI=1S/C33H44N2O/c1-30(2)9-13-34-14-10-31(3,4)24-18-21(17-23(30)27(24)34)29(36)22-19-25-28-26(20-22)33(7,8)12-16-35(28)15-11-32(25,5)6/h17-20H,9-16H2,1-8H3. The number of nitrogens with zero attached hydrogens (tertiary/aromatic N) is 2. The number of carbonyl (C=O) groups excluding carboxylic acids is 1. The molecule has 0 amide bonds. The number of anilines is 2. The summed E-state index contributed by atoms with van der Waals surface area (Å²) in [4.78, 5) is 19.5. The van der Waals surface area contributed by atoms with Gasteiger partial charge in [-0.3, -0.25) is 4.79 Å². The summed E-state index contributed by atoms with van der Waals surface area (Å²) in [6.07, 6.45) is 4.55. The van der Waals surface area contributed by atoms with Crippen LogP contribution in [0.15, 0.2) is 24.3 Å². The van der Waals surface area contributed by atoms with E-state index in [1.165, 1.54) is 33.6 Å². The van der Waals surface area contributed by atoms with E-state index < -0.39 is 0 Å². The third kappa shape index (κ3) is 3.41. The number of hydrogen-bond donors (Lipinski definition) is 0. The van der Waals surface area contributed by atoms with Crippen LogP contribution in [0.1, 0.15) is 119 Å². The van der Waals surface area contributed by atoms with Crippen LogP contribution in [0.5, 0.6) is 0 Å². The van der Waals surface area contributed by atoms with Crippen LogP contribution < -0.4 is 9.80 Å². The Morgan fingerprint density at radius 2 is 0.778 bits per heavy atom. The predicted octanol–water partition coefficient (Wildman–Crippen LogP) is 7.26. The summed E-state index contributed by atoms with van der Waals surface area (Å²) in [7, 11) is 0. The molecule has 0 radical (unpaired) electrons. The van der Waals surface area contributed by atoms with Crippen molar-refractivity contribution in [3.05, 3.63) is 57.6 Å². The molecule has 0 saturated heterocycles. The molecule has 6 rings (SSSR count). The highest BCUT2D eigenvalue weighted by Crippen LogP contribution is 2.51. The third-order valence-electron chi connectivity index (χ3n) is 10.3. The SMILES string of the molecule is CC1(C)CCN2CCC(C)(C)c3cc(C(=O)c4cc5c6c(c4)C(C)(C)CCN6CCC5(C)C)cc1c32. The quantitative estimate of drug-likeness (QED) is 0.419. The van der Waals surface area contributed by atoms with Crippen molar-refractivity contribution in [2.45, 2.75) is 103 Å². The Balaban J connectivity index is 1.55. The number of rotatable bonds is 2. The normalized spacial score (nSPS) is 24.1. The van der Waals surface area contributed by atoms with Gasteiger partial charge in [0.25, 0.3) is 0 Å². The van der Waals surface area contributed by atoms with Crippen molar-refractivity contribution in [1.29, 1.82) is 0 Å². The molecule has 0 aromatic heterocycles. The first-order valence-corrected chi connectivity index (χ1v) is 14.1. The second-order valence-corrected chi connectivity index (χ2v) is 14.7. The zero-order chi connectivity index (χ0) is 25.8. The van der Waals surface area contributed by atoms with E-state index in [9.17, 15) is 4.79 Å². The molecule has 2 aromatic carbocycles. The summed E-state index contributed by atoms with van der Waals surface area (Å²) in [6, 6.07) is 9.01. The molecule has 4 aliphatic rings. The van der Waals surface area contributed by atoms with Gasteiger partial charge in [-0.2, -0.15) is 0 Å². The molecule has 4 heterocycles. The van der Waals surface area contributed by atoms with E-state index in [0.717, 1.165) is 63.0 Å². The first kappa shape index (κ1) is 24.1. The van der Waals surface area contributed by atoms with Crippen molar-refractivity contribution in [2.75, 3.05) is 36.0 Å². The second-order valence-electron chi connectivity index (χ2n) is 14.7. The zero-order valence-electron chi connectivity index (χ0n) is 23.8. The Morgan fingerprint density at radius 3 is 1.03 bits per heavy atom. The van der Waals surface area contributed by atoms with Gasteiger partial charge in [0, 0.05) is 48.7 Å². The average molecular weight is 485 g/mol. The summed E-state index contributed by atoms with van der Waals surface area (Å²) in [5.41, 5.74) is 10.4. The van der Waals surface area contributed by atoms with Crippen LogP contribution in [-0.4, -0.2) is 32.0 Å². The predicted molar refractivity (Wildman–Crippen MR) is 151 cm³/mol. The lowest BCUT2D eigenvalue weighted by Gasteiger charge is -2.48. The molecule has 3 heteroatoms. The van der Waals surface area contributed by atoms with Crippen LogP contribution in [0.3, 0.4) is 0 Å². The monoisotopic (exact) mass is 484 g/mol. The third-order valence-corrected chi connectivity index (χ3v) is 10.3. The molecule has 3 nitrogen and oxygen atoms in total. The van der Waals surface area contributed by atoms with Crippen molar-refractivity contribution >= 4 is 17.2 Å². The van der Waals surface area contributed by atoms with E-state index in [1.807, 2.05) is 0 Å². The molecule has 0 spiro atoms. The highest BCUT2D eigenvalue weighted by molar-refractivity contribution is 6.10. The molecule has 0 aliphatic carbocycles. The number of hydrogen-bond acceptors (Lipinski definition) is 3. The Labute approximate surface area is 218 Å².